The zero-order chi connectivity index (χ0) is 18.4. The summed E-state index contributed by atoms with van der Waals surface area (Å²) in [7, 11) is 1.67. The monoisotopic (exact) mass is 354 g/mol. The van der Waals surface area contributed by atoms with E-state index in [9.17, 15) is 4.79 Å². The Morgan fingerprint density at radius 3 is 2.62 bits per heavy atom. The summed E-state index contributed by atoms with van der Waals surface area (Å²) in [5.41, 5.74) is 1.68. The van der Waals surface area contributed by atoms with Crippen LogP contribution in [0.25, 0.3) is 0 Å². The van der Waals surface area contributed by atoms with Crippen molar-refractivity contribution in [2.45, 2.75) is 26.2 Å². The molecular weight excluding hydrogens is 328 g/mol. The van der Waals surface area contributed by atoms with Crippen LogP contribution in [0, 0.1) is 5.92 Å². The molecule has 0 saturated carbocycles. The number of rotatable bonds is 6. The van der Waals surface area contributed by atoms with Gasteiger partial charge in [-0.1, -0.05) is 25.1 Å². The van der Waals surface area contributed by atoms with Crippen LogP contribution in [0.3, 0.4) is 0 Å². The zero-order valence-corrected chi connectivity index (χ0v) is 15.4. The van der Waals surface area contributed by atoms with E-state index in [2.05, 4.69) is 22.2 Å². The second-order valence-corrected chi connectivity index (χ2v) is 6.76. The Morgan fingerprint density at radius 1 is 1.23 bits per heavy atom. The molecule has 1 N–H and O–H groups in total. The van der Waals surface area contributed by atoms with Crippen molar-refractivity contribution in [3.8, 4) is 5.75 Å². The molecule has 0 spiro atoms. The van der Waals surface area contributed by atoms with Gasteiger partial charge in [-0.25, -0.2) is 9.97 Å². The first-order valence-electron chi connectivity index (χ1n) is 9.14. The number of nitrogens with one attached hydrogen (secondary N) is 1. The summed E-state index contributed by atoms with van der Waals surface area (Å²) < 4.78 is 5.35. The number of piperidine rings is 1. The summed E-state index contributed by atoms with van der Waals surface area (Å²) in [4.78, 5) is 23.0. The van der Waals surface area contributed by atoms with E-state index in [-0.39, 0.29) is 5.91 Å². The maximum absolute atomic E-state index is 12.5. The summed E-state index contributed by atoms with van der Waals surface area (Å²) in [6, 6.07) is 7.95. The number of aromatic nitrogens is 2. The lowest BCUT2D eigenvalue weighted by Gasteiger charge is -2.30. The Labute approximate surface area is 154 Å². The van der Waals surface area contributed by atoms with Gasteiger partial charge in [0.2, 0.25) is 5.95 Å². The van der Waals surface area contributed by atoms with Gasteiger partial charge in [-0.3, -0.25) is 4.79 Å². The molecular formula is C20H26N4O2. The number of nitrogens with zero attached hydrogens (tertiary/aromatic N) is 3. The van der Waals surface area contributed by atoms with E-state index >= 15 is 0 Å². The highest BCUT2D eigenvalue weighted by Crippen LogP contribution is 2.19. The molecule has 1 aromatic carbocycles. The van der Waals surface area contributed by atoms with Crippen LogP contribution in [-0.4, -0.2) is 47.5 Å². The number of hydrogen-bond donors (Lipinski definition) is 1. The standard InChI is InChI=1S/C20H26N4O2/c1-15-8-11-24(12-9-15)19(25)17-13-22-20(23-14-17)21-10-7-16-5-3-4-6-18(16)26-2/h3-6,13-15H,7-12H2,1-2H3,(H,21,22,23). The minimum Gasteiger partial charge on any atom is -0.496 e. The zero-order valence-electron chi connectivity index (χ0n) is 15.4. The molecule has 3 rings (SSSR count). The minimum absolute atomic E-state index is 0.0254. The fraction of sp³-hybridized carbons (Fsp3) is 0.450. The topological polar surface area (TPSA) is 67.3 Å². The largest absolute Gasteiger partial charge is 0.496 e. The molecule has 138 valence electrons. The van der Waals surface area contributed by atoms with Crippen LogP contribution >= 0.6 is 0 Å². The number of likely N-dealkylation sites (tertiary alicyclic amines) is 1. The van der Waals surface area contributed by atoms with Gasteiger partial charge < -0.3 is 15.0 Å². The number of ether oxygens (including phenoxy) is 1. The maximum atomic E-state index is 12.5. The number of carbonyl (C=O) groups is 1. The Morgan fingerprint density at radius 2 is 1.92 bits per heavy atom. The molecule has 6 heteroatoms. The van der Waals surface area contributed by atoms with E-state index < -0.39 is 0 Å². The molecule has 1 aromatic heterocycles. The average Bonchev–Trinajstić information content (AvgIpc) is 2.69. The normalized spacial score (nSPS) is 14.9. The van der Waals surface area contributed by atoms with Crippen LogP contribution in [0.5, 0.6) is 5.75 Å². The summed E-state index contributed by atoms with van der Waals surface area (Å²) >= 11 is 0. The second-order valence-electron chi connectivity index (χ2n) is 6.76. The molecule has 1 aliphatic rings. The number of anilines is 1. The molecule has 0 atom stereocenters. The molecule has 1 fully saturated rings. The fourth-order valence-corrected chi connectivity index (χ4v) is 3.14. The summed E-state index contributed by atoms with van der Waals surface area (Å²) in [6.45, 7) is 4.56. The lowest BCUT2D eigenvalue weighted by atomic mass is 9.99. The number of hydrogen-bond acceptors (Lipinski definition) is 5. The van der Waals surface area contributed by atoms with Crippen LogP contribution in [0.1, 0.15) is 35.7 Å². The molecule has 26 heavy (non-hydrogen) atoms. The summed E-state index contributed by atoms with van der Waals surface area (Å²) in [6.07, 6.45) is 6.15. The highest BCUT2D eigenvalue weighted by atomic mass is 16.5. The predicted molar refractivity (Wildman–Crippen MR) is 102 cm³/mol. The van der Waals surface area contributed by atoms with Gasteiger partial charge in [-0.05, 0) is 36.8 Å². The third-order valence-electron chi connectivity index (χ3n) is 4.84. The van der Waals surface area contributed by atoms with Gasteiger partial charge in [0.25, 0.3) is 5.91 Å². The number of benzene rings is 1. The quantitative estimate of drug-likeness (QED) is 0.864. The van der Waals surface area contributed by atoms with Crippen LogP contribution in [0.4, 0.5) is 5.95 Å². The molecule has 0 radical (unpaired) electrons. The SMILES string of the molecule is COc1ccccc1CCNc1ncc(C(=O)N2CCC(C)CC2)cn1. The van der Waals surface area contributed by atoms with Gasteiger partial charge in [0.15, 0.2) is 0 Å². The molecule has 1 aliphatic heterocycles. The highest BCUT2D eigenvalue weighted by Gasteiger charge is 2.21. The van der Waals surface area contributed by atoms with Gasteiger partial charge >= 0.3 is 0 Å². The lowest BCUT2D eigenvalue weighted by Crippen LogP contribution is -2.38. The van der Waals surface area contributed by atoms with E-state index in [1.54, 1.807) is 19.5 Å². The molecule has 1 amide bonds. The first kappa shape index (κ1) is 18.2. The Kier molecular flexibility index (Phi) is 6.04. The third-order valence-corrected chi connectivity index (χ3v) is 4.84. The lowest BCUT2D eigenvalue weighted by molar-refractivity contribution is 0.0696. The molecule has 6 nitrogen and oxygen atoms in total. The van der Waals surface area contributed by atoms with E-state index in [1.165, 1.54) is 0 Å². The van der Waals surface area contributed by atoms with E-state index in [4.69, 9.17) is 4.74 Å². The predicted octanol–water partition coefficient (Wildman–Crippen LogP) is 3.01. The van der Waals surface area contributed by atoms with Crippen molar-refractivity contribution >= 4 is 11.9 Å². The van der Waals surface area contributed by atoms with Crippen molar-refractivity contribution in [1.29, 1.82) is 0 Å². The second kappa shape index (κ2) is 8.65. The summed E-state index contributed by atoms with van der Waals surface area (Å²) in [5.74, 6) is 2.14. The van der Waals surface area contributed by atoms with Gasteiger partial charge in [-0.15, -0.1) is 0 Å². The number of carbonyl (C=O) groups excluding carboxylic acids is 1. The minimum atomic E-state index is 0.0254. The molecule has 2 aromatic rings. The number of amides is 1. The first-order valence-corrected chi connectivity index (χ1v) is 9.14. The van der Waals surface area contributed by atoms with Crippen molar-refractivity contribution in [2.75, 3.05) is 32.1 Å². The van der Waals surface area contributed by atoms with E-state index in [0.29, 0.717) is 24.0 Å². The van der Waals surface area contributed by atoms with Crippen molar-refractivity contribution in [2.24, 2.45) is 5.92 Å². The van der Waals surface area contributed by atoms with Crippen LogP contribution in [0.15, 0.2) is 36.7 Å². The van der Waals surface area contributed by atoms with Gasteiger partial charge in [0.05, 0.1) is 12.7 Å². The smallest absolute Gasteiger partial charge is 0.256 e. The van der Waals surface area contributed by atoms with Crippen LogP contribution in [-0.2, 0) is 6.42 Å². The molecule has 0 bridgehead atoms. The van der Waals surface area contributed by atoms with E-state index in [1.807, 2.05) is 29.2 Å². The van der Waals surface area contributed by atoms with E-state index in [0.717, 1.165) is 43.7 Å². The molecule has 2 heterocycles. The van der Waals surface area contributed by atoms with Crippen molar-refractivity contribution in [3.05, 3.63) is 47.8 Å². The first-order chi connectivity index (χ1) is 12.7. The van der Waals surface area contributed by atoms with Crippen molar-refractivity contribution in [1.82, 2.24) is 14.9 Å². The van der Waals surface area contributed by atoms with Gasteiger partial charge in [0, 0.05) is 32.0 Å². The number of methoxy groups -OCH3 is 1. The highest BCUT2D eigenvalue weighted by molar-refractivity contribution is 5.93. The maximum Gasteiger partial charge on any atom is 0.256 e. The Bertz CT molecular complexity index is 725. The van der Waals surface area contributed by atoms with Gasteiger partial charge in [-0.2, -0.15) is 0 Å². The van der Waals surface area contributed by atoms with Crippen molar-refractivity contribution in [3.63, 3.8) is 0 Å². The Hall–Kier alpha value is -2.63. The Balaban J connectivity index is 1.52. The third kappa shape index (κ3) is 4.50. The van der Waals surface area contributed by atoms with Crippen LogP contribution in [0.2, 0.25) is 0 Å². The fourth-order valence-electron chi connectivity index (χ4n) is 3.14. The van der Waals surface area contributed by atoms with Gasteiger partial charge in [0.1, 0.15) is 5.75 Å². The molecule has 0 unspecified atom stereocenters. The number of para-hydroxylation sites is 1. The van der Waals surface area contributed by atoms with Crippen molar-refractivity contribution < 1.29 is 9.53 Å². The molecule has 1 saturated heterocycles. The molecule has 0 aliphatic carbocycles. The van der Waals surface area contributed by atoms with Crippen LogP contribution < -0.4 is 10.1 Å². The average molecular weight is 354 g/mol. The summed E-state index contributed by atoms with van der Waals surface area (Å²) in [5, 5.41) is 3.19.